The van der Waals surface area contributed by atoms with Crippen LogP contribution in [0, 0.1) is 22.7 Å². The molecule has 6 atom stereocenters. The molecule has 158 valence electrons. The van der Waals surface area contributed by atoms with E-state index in [1.54, 1.807) is 0 Å². The average Bonchev–Trinajstić information content (AvgIpc) is 3.24. The van der Waals surface area contributed by atoms with Crippen LogP contribution < -0.4 is 0 Å². The van der Waals surface area contributed by atoms with Crippen molar-refractivity contribution in [3.63, 3.8) is 0 Å². The van der Waals surface area contributed by atoms with Gasteiger partial charge in [-0.25, -0.2) is 0 Å². The zero-order chi connectivity index (χ0) is 20.9. The second-order valence-electron chi connectivity index (χ2n) is 12.3. The quantitative estimate of drug-likeness (QED) is 0.403. The molecule has 1 heterocycles. The van der Waals surface area contributed by atoms with Crippen LogP contribution in [0.1, 0.15) is 80.6 Å². The summed E-state index contributed by atoms with van der Waals surface area (Å²) >= 11 is 0. The molecule has 0 aromatic heterocycles. The Bertz CT molecular complexity index is 747. The Kier molecular flexibility index (Phi) is 4.24. The first-order chi connectivity index (χ1) is 12.7. The summed E-state index contributed by atoms with van der Waals surface area (Å²) in [4.78, 5) is 13.3. The maximum atomic E-state index is 13.3. The van der Waals surface area contributed by atoms with Crippen LogP contribution >= 0.6 is 0 Å². The van der Waals surface area contributed by atoms with Crippen LogP contribution in [0.4, 0.5) is 0 Å². The van der Waals surface area contributed by atoms with Gasteiger partial charge in [-0.1, -0.05) is 34.6 Å². The van der Waals surface area contributed by atoms with E-state index in [-0.39, 0.29) is 22.0 Å². The lowest BCUT2D eigenvalue weighted by atomic mass is 9.44. The van der Waals surface area contributed by atoms with Crippen molar-refractivity contribution in [3.05, 3.63) is 11.3 Å². The highest BCUT2D eigenvalue weighted by atomic mass is 28.4. The lowest BCUT2D eigenvalue weighted by Gasteiger charge is -2.59. The van der Waals surface area contributed by atoms with Gasteiger partial charge in [0.15, 0.2) is 11.4 Å². The fourth-order valence-electron chi connectivity index (χ4n) is 6.66. The first kappa shape index (κ1) is 20.7. The van der Waals surface area contributed by atoms with Crippen LogP contribution in [-0.4, -0.2) is 25.8 Å². The second-order valence-corrected chi connectivity index (χ2v) is 17.0. The number of epoxide rings is 1. The van der Waals surface area contributed by atoms with E-state index in [4.69, 9.17) is 9.16 Å². The Labute approximate surface area is 172 Å². The molecule has 28 heavy (non-hydrogen) atoms. The van der Waals surface area contributed by atoms with Gasteiger partial charge in [0, 0.05) is 11.8 Å². The Morgan fingerprint density at radius 3 is 2.39 bits per heavy atom. The largest absolute Gasteiger partial charge is 0.547 e. The topological polar surface area (TPSA) is 38.8 Å². The smallest absolute Gasteiger partial charge is 0.250 e. The molecule has 0 bridgehead atoms. The number of hydrogen-bond donors (Lipinski definition) is 0. The van der Waals surface area contributed by atoms with Crippen LogP contribution in [0.25, 0.3) is 0 Å². The molecule has 4 aliphatic rings. The summed E-state index contributed by atoms with van der Waals surface area (Å²) in [6.45, 7) is 20.7. The van der Waals surface area contributed by atoms with E-state index in [0.717, 1.165) is 32.1 Å². The third-order valence-corrected chi connectivity index (χ3v) is 14.1. The van der Waals surface area contributed by atoms with Crippen LogP contribution in [0.5, 0.6) is 0 Å². The minimum atomic E-state index is -1.82. The lowest BCUT2D eigenvalue weighted by Crippen LogP contribution is -2.59. The van der Waals surface area contributed by atoms with Gasteiger partial charge in [0.05, 0.1) is 11.9 Å². The van der Waals surface area contributed by atoms with Crippen molar-refractivity contribution < 1.29 is 14.0 Å². The fraction of sp³-hybridized carbons (Fsp3) is 0.875. The molecule has 0 unspecified atom stereocenters. The van der Waals surface area contributed by atoms with Crippen molar-refractivity contribution >= 4 is 14.1 Å². The van der Waals surface area contributed by atoms with Gasteiger partial charge in [-0.05, 0) is 80.5 Å². The van der Waals surface area contributed by atoms with Gasteiger partial charge in [-0.15, -0.1) is 0 Å². The van der Waals surface area contributed by atoms with Gasteiger partial charge >= 0.3 is 0 Å². The van der Waals surface area contributed by atoms with Crippen LogP contribution in [0.2, 0.25) is 18.1 Å². The second kappa shape index (κ2) is 5.75. The summed E-state index contributed by atoms with van der Waals surface area (Å²) in [6.07, 6.45) is 5.46. The highest BCUT2D eigenvalue weighted by molar-refractivity contribution is 6.74. The van der Waals surface area contributed by atoms with Crippen molar-refractivity contribution in [2.75, 3.05) is 0 Å². The normalized spacial score (nSPS) is 45.9. The van der Waals surface area contributed by atoms with E-state index in [9.17, 15) is 4.79 Å². The monoisotopic (exact) mass is 404 g/mol. The Balaban J connectivity index is 1.65. The molecule has 2 saturated carbocycles. The molecule has 4 heteroatoms. The van der Waals surface area contributed by atoms with Crippen molar-refractivity contribution in [2.45, 2.75) is 110 Å². The number of ether oxygens (including phenoxy) is 1. The van der Waals surface area contributed by atoms with Gasteiger partial charge in [0.2, 0.25) is 8.32 Å². The molecule has 0 aromatic rings. The predicted octanol–water partition coefficient (Wildman–Crippen LogP) is 6.25. The summed E-state index contributed by atoms with van der Waals surface area (Å²) in [5, 5.41) is 0.218. The third kappa shape index (κ3) is 2.59. The van der Waals surface area contributed by atoms with E-state index in [0.29, 0.717) is 17.6 Å². The SMILES string of the molecule is CC1=C(O[Si](C)(C)C(C)(C)C)CC[C@]2(C)[C@H]3C[C@@H]4O[C@]4(C)C(=O)[C@]3(C)CC[C@@H]12. The number of carbonyl (C=O) groups is 1. The third-order valence-electron chi connectivity index (χ3n) is 9.71. The van der Waals surface area contributed by atoms with E-state index in [1.165, 1.54) is 11.3 Å². The number of rotatable bonds is 2. The standard InChI is InChI=1S/C24H40O3Si/c1-15-16-10-12-23(6)18(14-19-24(7,26-19)20(23)25)22(16,5)13-11-17(15)27-28(8,9)21(2,3)4/h16,18-19H,10-14H2,1-9H3/t16-,18+,19-,22-,23+,24-/m0/s1. The Morgan fingerprint density at radius 2 is 1.79 bits per heavy atom. The first-order valence-electron chi connectivity index (χ1n) is 11.3. The summed E-state index contributed by atoms with van der Waals surface area (Å²) in [7, 11) is -1.82. The van der Waals surface area contributed by atoms with Crippen LogP contribution in [0.15, 0.2) is 11.3 Å². The van der Waals surface area contributed by atoms with Crippen LogP contribution in [0.3, 0.4) is 0 Å². The molecule has 0 amide bonds. The van der Waals surface area contributed by atoms with Gasteiger partial charge in [-0.2, -0.15) is 0 Å². The number of carbonyl (C=O) groups excluding carboxylic acids is 1. The minimum Gasteiger partial charge on any atom is -0.547 e. The maximum Gasteiger partial charge on any atom is 0.250 e. The fourth-order valence-corrected chi connectivity index (χ4v) is 7.85. The van der Waals surface area contributed by atoms with Gasteiger partial charge in [0.1, 0.15) is 0 Å². The summed E-state index contributed by atoms with van der Waals surface area (Å²) in [5.41, 5.74) is 0.953. The number of Topliss-reactive ketones (excluding diaryl/α,β-unsaturated/α-hetero) is 1. The van der Waals surface area contributed by atoms with Crippen molar-refractivity contribution in [2.24, 2.45) is 22.7 Å². The van der Waals surface area contributed by atoms with Crippen LogP contribution in [-0.2, 0) is 14.0 Å². The molecule has 4 rings (SSSR count). The van der Waals surface area contributed by atoms with Gasteiger partial charge < -0.3 is 9.16 Å². The van der Waals surface area contributed by atoms with E-state index < -0.39 is 13.9 Å². The van der Waals surface area contributed by atoms with E-state index in [1.807, 2.05) is 6.92 Å². The molecule has 0 spiro atoms. The van der Waals surface area contributed by atoms with Gasteiger partial charge in [0.25, 0.3) is 0 Å². The Morgan fingerprint density at radius 1 is 1.14 bits per heavy atom. The molecule has 0 N–H and O–H groups in total. The zero-order valence-corrected chi connectivity index (χ0v) is 20.5. The number of allylic oxidation sites excluding steroid dienone is 2. The number of fused-ring (bicyclic) bond motifs is 4. The summed E-state index contributed by atoms with van der Waals surface area (Å²) < 4.78 is 12.7. The van der Waals surface area contributed by atoms with Crippen molar-refractivity contribution in [1.29, 1.82) is 0 Å². The minimum absolute atomic E-state index is 0.155. The molecule has 3 fully saturated rings. The lowest BCUT2D eigenvalue weighted by molar-refractivity contribution is -0.151. The molecular formula is C24H40O3Si. The first-order valence-corrected chi connectivity index (χ1v) is 14.2. The number of ketones is 1. The summed E-state index contributed by atoms with van der Waals surface area (Å²) in [5.74, 6) is 2.62. The summed E-state index contributed by atoms with van der Waals surface area (Å²) in [6, 6.07) is 0. The molecule has 1 saturated heterocycles. The molecular weight excluding hydrogens is 364 g/mol. The maximum absolute atomic E-state index is 13.3. The molecule has 3 aliphatic carbocycles. The molecule has 0 aromatic carbocycles. The van der Waals surface area contributed by atoms with Gasteiger partial charge in [-0.3, -0.25) is 4.79 Å². The number of hydrogen-bond acceptors (Lipinski definition) is 3. The van der Waals surface area contributed by atoms with E-state index >= 15 is 0 Å². The predicted molar refractivity (Wildman–Crippen MR) is 116 cm³/mol. The van der Waals surface area contributed by atoms with Crippen molar-refractivity contribution in [3.8, 4) is 0 Å². The van der Waals surface area contributed by atoms with Crippen molar-refractivity contribution in [1.82, 2.24) is 0 Å². The Hall–Kier alpha value is -0.613. The van der Waals surface area contributed by atoms with E-state index in [2.05, 4.69) is 54.6 Å². The highest BCUT2D eigenvalue weighted by Gasteiger charge is 2.72. The highest BCUT2D eigenvalue weighted by Crippen LogP contribution is 2.68. The molecule has 1 aliphatic heterocycles. The molecule has 3 nitrogen and oxygen atoms in total. The average molecular weight is 405 g/mol. The molecule has 0 radical (unpaired) electrons. The zero-order valence-electron chi connectivity index (χ0n) is 19.5.